The van der Waals surface area contributed by atoms with Gasteiger partial charge in [-0.15, -0.1) is 0 Å². The SMILES string of the molecule is O=C(Nc1ccc2oc(-c3ccc(Br)cc3)nc2c1)c1cc(I)ccc1Cl. The number of halogens is 3. The van der Waals surface area contributed by atoms with Gasteiger partial charge >= 0.3 is 0 Å². The van der Waals surface area contributed by atoms with E-state index in [0.29, 0.717) is 33.3 Å². The molecule has 3 aromatic carbocycles. The zero-order valence-corrected chi connectivity index (χ0v) is 18.2. The van der Waals surface area contributed by atoms with Crippen LogP contribution in [0.3, 0.4) is 0 Å². The van der Waals surface area contributed by atoms with E-state index in [4.69, 9.17) is 16.0 Å². The van der Waals surface area contributed by atoms with Crippen LogP contribution >= 0.6 is 50.1 Å². The van der Waals surface area contributed by atoms with Gasteiger partial charge in [-0.3, -0.25) is 4.79 Å². The van der Waals surface area contributed by atoms with Crippen molar-refractivity contribution in [1.29, 1.82) is 0 Å². The molecule has 1 amide bonds. The van der Waals surface area contributed by atoms with E-state index >= 15 is 0 Å². The Bertz CT molecular complexity index is 1160. The van der Waals surface area contributed by atoms with Crippen LogP contribution in [-0.2, 0) is 0 Å². The number of aromatic nitrogens is 1. The summed E-state index contributed by atoms with van der Waals surface area (Å²) in [4.78, 5) is 17.1. The molecular formula is C20H11BrClIN2O2. The number of rotatable bonds is 3. The third-order valence-electron chi connectivity index (χ3n) is 3.91. The van der Waals surface area contributed by atoms with Crippen LogP contribution in [0.2, 0.25) is 5.02 Å². The monoisotopic (exact) mass is 552 g/mol. The lowest BCUT2D eigenvalue weighted by Gasteiger charge is -2.07. The van der Waals surface area contributed by atoms with Crippen molar-refractivity contribution < 1.29 is 9.21 Å². The highest BCUT2D eigenvalue weighted by Gasteiger charge is 2.13. The largest absolute Gasteiger partial charge is 0.436 e. The fraction of sp³-hybridized carbons (Fsp3) is 0. The van der Waals surface area contributed by atoms with Crippen LogP contribution < -0.4 is 5.32 Å². The van der Waals surface area contributed by atoms with E-state index in [1.165, 1.54) is 0 Å². The molecule has 1 N–H and O–H groups in total. The van der Waals surface area contributed by atoms with E-state index in [0.717, 1.165) is 13.6 Å². The Hall–Kier alpha value is -1.90. The number of nitrogens with zero attached hydrogens (tertiary/aromatic N) is 1. The molecule has 0 bridgehead atoms. The topological polar surface area (TPSA) is 55.1 Å². The highest BCUT2D eigenvalue weighted by Crippen LogP contribution is 2.28. The Kier molecular flexibility index (Phi) is 5.21. The van der Waals surface area contributed by atoms with Gasteiger partial charge in [-0.05, 0) is 83.3 Å². The minimum absolute atomic E-state index is 0.269. The van der Waals surface area contributed by atoms with Crippen LogP contribution in [0.25, 0.3) is 22.6 Å². The summed E-state index contributed by atoms with van der Waals surface area (Å²) in [6, 6.07) is 18.4. The zero-order valence-electron chi connectivity index (χ0n) is 13.7. The van der Waals surface area contributed by atoms with Crippen molar-refractivity contribution in [3.8, 4) is 11.5 Å². The molecule has 0 aliphatic heterocycles. The smallest absolute Gasteiger partial charge is 0.257 e. The molecule has 0 unspecified atom stereocenters. The highest BCUT2D eigenvalue weighted by atomic mass is 127. The third kappa shape index (κ3) is 4.02. The first-order chi connectivity index (χ1) is 13.0. The summed E-state index contributed by atoms with van der Waals surface area (Å²) in [5, 5.41) is 3.27. The maximum absolute atomic E-state index is 12.5. The van der Waals surface area contributed by atoms with Crippen molar-refractivity contribution >= 4 is 72.8 Å². The number of amides is 1. The molecule has 0 fully saturated rings. The van der Waals surface area contributed by atoms with Gasteiger partial charge in [-0.2, -0.15) is 0 Å². The molecule has 4 nitrogen and oxygen atoms in total. The molecule has 0 saturated heterocycles. The van der Waals surface area contributed by atoms with E-state index in [2.05, 4.69) is 48.8 Å². The first-order valence-electron chi connectivity index (χ1n) is 7.92. The van der Waals surface area contributed by atoms with Crippen LogP contribution in [0, 0.1) is 3.57 Å². The number of hydrogen-bond acceptors (Lipinski definition) is 3. The van der Waals surface area contributed by atoms with Crippen molar-refractivity contribution in [2.45, 2.75) is 0 Å². The van der Waals surface area contributed by atoms with Crippen LogP contribution in [0.15, 0.2) is 69.6 Å². The number of oxazole rings is 1. The minimum atomic E-state index is -0.269. The third-order valence-corrected chi connectivity index (χ3v) is 5.44. The maximum Gasteiger partial charge on any atom is 0.257 e. The Morgan fingerprint density at radius 3 is 2.63 bits per heavy atom. The van der Waals surface area contributed by atoms with Crippen LogP contribution in [-0.4, -0.2) is 10.9 Å². The zero-order chi connectivity index (χ0) is 19.0. The number of benzene rings is 3. The summed E-state index contributed by atoms with van der Waals surface area (Å²) in [5.74, 6) is 0.260. The lowest BCUT2D eigenvalue weighted by molar-refractivity contribution is 0.102. The van der Waals surface area contributed by atoms with Gasteiger partial charge in [0.25, 0.3) is 5.91 Å². The highest BCUT2D eigenvalue weighted by molar-refractivity contribution is 14.1. The summed E-state index contributed by atoms with van der Waals surface area (Å²) in [6.45, 7) is 0. The van der Waals surface area contributed by atoms with Gasteiger partial charge in [0.2, 0.25) is 5.89 Å². The maximum atomic E-state index is 12.5. The second-order valence-corrected chi connectivity index (χ2v) is 8.36. The average molecular weight is 554 g/mol. The molecule has 0 aliphatic carbocycles. The van der Waals surface area contributed by atoms with Gasteiger partial charge in [-0.1, -0.05) is 27.5 Å². The number of hydrogen-bond donors (Lipinski definition) is 1. The van der Waals surface area contributed by atoms with Crippen molar-refractivity contribution in [3.63, 3.8) is 0 Å². The predicted octanol–water partition coefficient (Wildman–Crippen LogP) is 6.77. The van der Waals surface area contributed by atoms with E-state index in [9.17, 15) is 4.79 Å². The molecular weight excluding hydrogens is 542 g/mol. The molecule has 1 aromatic heterocycles. The van der Waals surface area contributed by atoms with Crippen LogP contribution in [0.4, 0.5) is 5.69 Å². The normalized spacial score (nSPS) is 10.9. The fourth-order valence-corrected chi connectivity index (χ4v) is 3.55. The summed E-state index contributed by atoms with van der Waals surface area (Å²) in [5.41, 5.74) is 3.25. The molecule has 27 heavy (non-hydrogen) atoms. The Morgan fingerprint density at radius 1 is 1.07 bits per heavy atom. The summed E-state index contributed by atoms with van der Waals surface area (Å²) in [7, 11) is 0. The number of nitrogens with one attached hydrogen (secondary N) is 1. The molecule has 0 spiro atoms. The van der Waals surface area contributed by atoms with Crippen LogP contribution in [0.5, 0.6) is 0 Å². The van der Waals surface area contributed by atoms with Gasteiger partial charge in [0.15, 0.2) is 5.58 Å². The summed E-state index contributed by atoms with van der Waals surface area (Å²) < 4.78 is 7.74. The molecule has 0 saturated carbocycles. The first kappa shape index (κ1) is 18.5. The Morgan fingerprint density at radius 2 is 1.85 bits per heavy atom. The number of fused-ring (bicyclic) bond motifs is 1. The Balaban J connectivity index is 1.62. The van der Waals surface area contributed by atoms with Crippen molar-refractivity contribution in [2.75, 3.05) is 5.32 Å². The van der Waals surface area contributed by atoms with Crippen molar-refractivity contribution in [2.24, 2.45) is 0 Å². The quantitative estimate of drug-likeness (QED) is 0.285. The van der Waals surface area contributed by atoms with Crippen LogP contribution in [0.1, 0.15) is 10.4 Å². The number of carbonyl (C=O) groups is 1. The van der Waals surface area contributed by atoms with Gasteiger partial charge < -0.3 is 9.73 Å². The molecule has 0 radical (unpaired) electrons. The molecule has 7 heteroatoms. The van der Waals surface area contributed by atoms with Gasteiger partial charge in [0, 0.05) is 19.3 Å². The van der Waals surface area contributed by atoms with Gasteiger partial charge in [0.05, 0.1) is 10.6 Å². The molecule has 4 aromatic rings. The van der Waals surface area contributed by atoms with Gasteiger partial charge in [-0.25, -0.2) is 4.98 Å². The fourth-order valence-electron chi connectivity index (χ4n) is 2.59. The van der Waals surface area contributed by atoms with E-state index in [1.807, 2.05) is 30.3 Å². The first-order valence-corrected chi connectivity index (χ1v) is 10.2. The van der Waals surface area contributed by atoms with Gasteiger partial charge in [0.1, 0.15) is 5.52 Å². The molecule has 134 valence electrons. The average Bonchev–Trinajstić information content (AvgIpc) is 3.07. The molecule has 1 heterocycles. The number of carbonyl (C=O) groups excluding carboxylic acids is 1. The van der Waals surface area contributed by atoms with Crippen molar-refractivity contribution in [3.05, 3.63) is 79.3 Å². The molecule has 0 aliphatic rings. The van der Waals surface area contributed by atoms with Crippen molar-refractivity contribution in [1.82, 2.24) is 4.98 Å². The lowest BCUT2D eigenvalue weighted by atomic mass is 10.2. The number of anilines is 1. The summed E-state index contributed by atoms with van der Waals surface area (Å²) in [6.07, 6.45) is 0. The summed E-state index contributed by atoms with van der Waals surface area (Å²) >= 11 is 11.7. The second-order valence-electron chi connectivity index (χ2n) is 5.79. The van der Waals surface area contributed by atoms with E-state index in [-0.39, 0.29) is 5.91 Å². The second kappa shape index (κ2) is 7.61. The Labute approximate surface area is 182 Å². The molecule has 0 atom stereocenters. The lowest BCUT2D eigenvalue weighted by Crippen LogP contribution is -2.12. The standard InChI is InChI=1S/C20H11BrClIN2O2/c21-12-3-1-11(2-4-12)20-25-17-10-14(6-8-18(17)27-20)24-19(26)15-9-13(23)5-7-16(15)22/h1-10H,(H,24,26). The molecule has 4 rings (SSSR count). The van der Waals surface area contributed by atoms with E-state index < -0.39 is 0 Å². The predicted molar refractivity (Wildman–Crippen MR) is 119 cm³/mol. The van der Waals surface area contributed by atoms with E-state index in [1.54, 1.807) is 30.3 Å². The minimum Gasteiger partial charge on any atom is -0.436 e.